The Morgan fingerprint density at radius 2 is 1.71 bits per heavy atom. The van der Waals surface area contributed by atoms with E-state index in [4.69, 9.17) is 39.6 Å². The Kier molecular flexibility index (Phi) is 9.45. The molecule has 1 aliphatic rings. The molecule has 0 bridgehead atoms. The monoisotopic (exact) mass is 669 g/mol. The third kappa shape index (κ3) is 7.41. The van der Waals surface area contributed by atoms with E-state index in [0.717, 1.165) is 30.3 Å². The van der Waals surface area contributed by atoms with Gasteiger partial charge in [-0.1, -0.05) is 56.8 Å². The lowest BCUT2D eigenvalue weighted by atomic mass is 9.95. The molecular weight excluding hydrogens is 658 g/mol. The zero-order chi connectivity index (χ0) is 28.6. The van der Waals surface area contributed by atoms with Crippen molar-refractivity contribution in [1.82, 2.24) is 5.06 Å². The number of alkyl halides is 6. The Balaban J connectivity index is 1.81. The van der Waals surface area contributed by atoms with Gasteiger partial charge in [0.1, 0.15) is 18.3 Å². The van der Waals surface area contributed by atoms with E-state index in [-0.39, 0.29) is 35.7 Å². The molecule has 0 spiro atoms. The van der Waals surface area contributed by atoms with Gasteiger partial charge in [0.25, 0.3) is 5.91 Å². The summed E-state index contributed by atoms with van der Waals surface area (Å²) in [6.45, 7) is -2.07. The molecule has 0 saturated carbocycles. The van der Waals surface area contributed by atoms with Crippen molar-refractivity contribution in [2.45, 2.75) is 24.7 Å². The average Bonchev–Trinajstić information content (AvgIpc) is 3.11. The van der Waals surface area contributed by atoms with Gasteiger partial charge in [-0.2, -0.15) is 26.3 Å². The zero-order valence-electron chi connectivity index (χ0n) is 18.6. The average molecular weight is 672 g/mol. The maximum atomic E-state index is 15.0. The van der Waals surface area contributed by atoms with Crippen LogP contribution in [0.5, 0.6) is 0 Å². The van der Waals surface area contributed by atoms with Crippen LogP contribution in [0.1, 0.15) is 33.8 Å². The molecule has 1 fully saturated rings. The summed E-state index contributed by atoms with van der Waals surface area (Å²) in [5.41, 5.74) is -0.835. The minimum atomic E-state index is -4.93. The van der Waals surface area contributed by atoms with Crippen molar-refractivity contribution in [2.75, 3.05) is 13.2 Å². The minimum Gasteiger partial charge on any atom is -0.294 e. The number of amides is 1. The molecule has 1 saturated heterocycles. The number of rotatable bonds is 7. The predicted octanol–water partition coefficient (Wildman–Crippen LogP) is 8.59. The van der Waals surface area contributed by atoms with Crippen molar-refractivity contribution in [3.63, 3.8) is 0 Å². The van der Waals surface area contributed by atoms with Crippen LogP contribution in [0.15, 0.2) is 40.9 Å². The van der Waals surface area contributed by atoms with Crippen LogP contribution >= 0.6 is 50.7 Å². The van der Waals surface area contributed by atoms with Crippen molar-refractivity contribution in [3.05, 3.63) is 72.6 Å². The summed E-state index contributed by atoms with van der Waals surface area (Å²) < 4.78 is 93.8. The number of benzene rings is 2. The van der Waals surface area contributed by atoms with E-state index in [9.17, 15) is 40.3 Å². The molecule has 0 aromatic heterocycles. The zero-order valence-corrected chi connectivity index (χ0v) is 22.4. The highest BCUT2D eigenvalue weighted by Crippen LogP contribution is 2.42. The van der Waals surface area contributed by atoms with Crippen molar-refractivity contribution in [3.8, 4) is 0 Å². The lowest BCUT2D eigenvalue weighted by molar-refractivity contribution is -0.214. The highest BCUT2D eigenvalue weighted by molar-refractivity contribution is 9.10. The van der Waals surface area contributed by atoms with Crippen LogP contribution in [-0.2, 0) is 9.63 Å². The highest BCUT2D eigenvalue weighted by Gasteiger charge is 2.42. The first-order valence-corrected chi connectivity index (χ1v) is 12.3. The molecule has 4 nitrogen and oxygen atoms in total. The molecule has 38 heavy (non-hydrogen) atoms. The molecule has 0 aliphatic carbocycles. The smallest absolute Gasteiger partial charge is 0.294 e. The van der Waals surface area contributed by atoms with Gasteiger partial charge >= 0.3 is 12.4 Å². The van der Waals surface area contributed by atoms with E-state index in [1.54, 1.807) is 0 Å². The number of Topliss-reactive ketones (excluding diaryl/α,β-unsaturated/α-hetero) is 1. The van der Waals surface area contributed by atoms with Crippen LogP contribution in [0, 0.1) is 5.92 Å². The molecule has 3 rings (SSSR count). The van der Waals surface area contributed by atoms with Gasteiger partial charge in [-0.25, -0.2) is 9.45 Å². The van der Waals surface area contributed by atoms with Crippen LogP contribution in [0.25, 0.3) is 5.83 Å². The number of ketones is 1. The summed E-state index contributed by atoms with van der Waals surface area (Å²) in [5, 5.41) is -0.537. The van der Waals surface area contributed by atoms with Gasteiger partial charge in [-0.15, -0.1) is 0 Å². The summed E-state index contributed by atoms with van der Waals surface area (Å²) >= 11 is 20.5. The van der Waals surface area contributed by atoms with Crippen LogP contribution in [0.2, 0.25) is 15.1 Å². The molecule has 0 radical (unpaired) electrons. The van der Waals surface area contributed by atoms with Crippen molar-refractivity contribution in [1.29, 1.82) is 0 Å². The first-order chi connectivity index (χ1) is 17.5. The number of carbonyl (C=O) groups excluding carboxylic acids is 2. The van der Waals surface area contributed by atoms with Crippen molar-refractivity contribution in [2.24, 2.45) is 5.92 Å². The molecular formula is C23H14BrCl3F7NO3. The fourth-order valence-corrected chi connectivity index (χ4v) is 4.76. The number of nitrogens with zero attached hydrogens (tertiary/aromatic N) is 1. The lowest BCUT2D eigenvalue weighted by Gasteiger charge is -2.19. The maximum Gasteiger partial charge on any atom is 0.408 e. The van der Waals surface area contributed by atoms with E-state index in [1.807, 2.05) is 0 Å². The van der Waals surface area contributed by atoms with Gasteiger partial charge in [0.05, 0.1) is 27.6 Å². The normalized spacial score (nSPS) is 17.8. The molecule has 206 valence electrons. The summed E-state index contributed by atoms with van der Waals surface area (Å²) in [7, 11) is 0. The highest BCUT2D eigenvalue weighted by atomic mass is 79.9. The van der Waals surface area contributed by atoms with Crippen molar-refractivity contribution >= 4 is 68.3 Å². The van der Waals surface area contributed by atoms with E-state index < -0.39 is 66.8 Å². The molecule has 2 atom stereocenters. The maximum absolute atomic E-state index is 15.0. The van der Waals surface area contributed by atoms with Gasteiger partial charge in [-0.05, 0) is 35.9 Å². The summed E-state index contributed by atoms with van der Waals surface area (Å²) in [5.74, 6) is -6.59. The molecule has 2 aromatic rings. The number of hydroxylamine groups is 2. The fraction of sp³-hybridized carbons (Fsp3) is 0.304. The Morgan fingerprint density at radius 3 is 2.24 bits per heavy atom. The number of halogens is 11. The second-order valence-electron chi connectivity index (χ2n) is 8.14. The first-order valence-electron chi connectivity index (χ1n) is 10.4. The Labute approximate surface area is 234 Å². The molecule has 0 N–H and O–H groups in total. The third-order valence-corrected chi connectivity index (χ3v) is 7.21. The lowest BCUT2D eigenvalue weighted by Crippen LogP contribution is -2.35. The van der Waals surface area contributed by atoms with Crippen LogP contribution in [-0.4, -0.2) is 42.3 Å². The number of carbonyl (C=O) groups is 2. The van der Waals surface area contributed by atoms with Gasteiger partial charge in [-0.3, -0.25) is 14.4 Å². The minimum absolute atomic E-state index is 0.0109. The van der Waals surface area contributed by atoms with Crippen LogP contribution in [0.4, 0.5) is 30.7 Å². The Bertz CT molecular complexity index is 1260. The largest absolute Gasteiger partial charge is 0.408 e. The Hall–Kier alpha value is -1.86. The molecule has 15 heteroatoms. The van der Waals surface area contributed by atoms with E-state index in [1.165, 1.54) is 0 Å². The number of hydrogen-bond donors (Lipinski definition) is 0. The van der Waals surface area contributed by atoms with E-state index >= 15 is 0 Å². The van der Waals surface area contributed by atoms with Gasteiger partial charge in [0, 0.05) is 22.0 Å². The second-order valence-corrected chi connectivity index (χ2v) is 10.2. The quantitative estimate of drug-likeness (QED) is 0.168. The van der Waals surface area contributed by atoms with Gasteiger partial charge in [0.15, 0.2) is 5.78 Å². The van der Waals surface area contributed by atoms with Crippen LogP contribution < -0.4 is 0 Å². The SMILES string of the molecule is O=C(C[C@@H]1CON(CC(F)(F)F)C1=O)c1ccc(/C(F)=C/C(c2cc(Cl)c(Cl)c(Cl)c2)C(F)(F)F)cc1Br. The standard InChI is InChI=1S/C23H14BrCl3F7NO3/c24-15-3-10(18(28)7-14(23(32,33)34)11-4-16(25)20(27)17(26)5-11)1-2-13(15)19(36)6-12-8-38-35(21(12)37)9-22(29,30)31/h1-5,7,12,14H,6,8-9H2/b18-7-/t12-,14?/m1/s1. The molecule has 2 aromatic carbocycles. The Morgan fingerprint density at radius 1 is 1.11 bits per heavy atom. The summed E-state index contributed by atoms with van der Waals surface area (Å²) in [6.07, 6.45) is -9.82. The number of allylic oxidation sites excluding steroid dienone is 1. The van der Waals surface area contributed by atoms with Crippen molar-refractivity contribution < 1.29 is 45.2 Å². The van der Waals surface area contributed by atoms with E-state index in [2.05, 4.69) is 15.9 Å². The predicted molar refractivity (Wildman–Crippen MR) is 130 cm³/mol. The summed E-state index contributed by atoms with van der Waals surface area (Å²) in [4.78, 5) is 29.5. The first kappa shape index (κ1) is 30.7. The molecule has 1 heterocycles. The van der Waals surface area contributed by atoms with Gasteiger partial charge in [0.2, 0.25) is 0 Å². The van der Waals surface area contributed by atoms with Gasteiger partial charge < -0.3 is 0 Å². The second kappa shape index (κ2) is 11.7. The summed E-state index contributed by atoms with van der Waals surface area (Å²) in [6, 6.07) is 5.04. The topological polar surface area (TPSA) is 46.6 Å². The number of hydrogen-bond acceptors (Lipinski definition) is 3. The third-order valence-electron chi connectivity index (χ3n) is 5.36. The fourth-order valence-electron chi connectivity index (χ4n) is 3.55. The molecule has 1 aliphatic heterocycles. The molecule has 1 amide bonds. The molecule has 1 unspecified atom stereocenters. The van der Waals surface area contributed by atoms with Crippen LogP contribution in [0.3, 0.4) is 0 Å². The van der Waals surface area contributed by atoms with E-state index in [0.29, 0.717) is 6.08 Å².